The molecule has 0 radical (unpaired) electrons. The Balaban J connectivity index is 1.24. The minimum absolute atomic E-state index is 0.0310. The Morgan fingerprint density at radius 2 is 1.64 bits per heavy atom. The van der Waals surface area contributed by atoms with Crippen LogP contribution in [-0.2, 0) is 14.4 Å². The van der Waals surface area contributed by atoms with Crippen LogP contribution in [0.5, 0.6) is 0 Å². The number of aliphatic carboxylic acids is 1. The summed E-state index contributed by atoms with van der Waals surface area (Å²) in [5.74, 6) is 2.81. The molecule has 0 aromatic heterocycles. The highest BCUT2D eigenvalue weighted by atomic mass is 16.4. The fourth-order valence-corrected chi connectivity index (χ4v) is 13.5. The molecule has 6 rings (SSSR count). The third kappa shape index (κ3) is 4.58. The predicted molar refractivity (Wildman–Crippen MR) is 175 cm³/mol. The monoisotopic (exact) mass is 607 g/mol. The maximum atomic E-state index is 13.6. The van der Waals surface area contributed by atoms with Crippen LogP contribution in [0.1, 0.15) is 126 Å². The van der Waals surface area contributed by atoms with Crippen molar-refractivity contribution < 1.29 is 19.5 Å². The SMILES string of the molecule is CNCCC12CCC3C(CCC4C3(C)CCC3C(C)(C)C(CC(=O)C5CC(C(=O)O)C5C)CCC34C)C1=C(C(C)C)C(=O)C2. The van der Waals surface area contributed by atoms with Crippen LogP contribution in [0.2, 0.25) is 0 Å². The van der Waals surface area contributed by atoms with Crippen LogP contribution in [-0.4, -0.2) is 36.2 Å². The molecule has 0 heterocycles. The van der Waals surface area contributed by atoms with Crippen LogP contribution in [0.25, 0.3) is 0 Å². The van der Waals surface area contributed by atoms with Crippen LogP contribution in [0.4, 0.5) is 0 Å². The van der Waals surface area contributed by atoms with E-state index in [0.29, 0.717) is 65.3 Å². The van der Waals surface area contributed by atoms with Crippen molar-refractivity contribution in [2.24, 2.45) is 74.9 Å². The molecule has 11 unspecified atom stereocenters. The Hall–Kier alpha value is -1.49. The highest BCUT2D eigenvalue weighted by molar-refractivity contribution is 6.00. The quantitative estimate of drug-likeness (QED) is 0.291. The maximum absolute atomic E-state index is 13.6. The van der Waals surface area contributed by atoms with E-state index in [-0.39, 0.29) is 34.0 Å². The molecule has 0 saturated heterocycles. The van der Waals surface area contributed by atoms with Crippen molar-refractivity contribution >= 4 is 17.5 Å². The van der Waals surface area contributed by atoms with Gasteiger partial charge in [0.1, 0.15) is 5.78 Å². The molecule has 0 aromatic rings. The predicted octanol–water partition coefficient (Wildman–Crippen LogP) is 8.12. The summed E-state index contributed by atoms with van der Waals surface area (Å²) in [4.78, 5) is 38.6. The second-order valence-corrected chi connectivity index (χ2v) is 18.1. The summed E-state index contributed by atoms with van der Waals surface area (Å²) in [6.07, 6.45) is 12.8. The van der Waals surface area contributed by atoms with Gasteiger partial charge in [0.15, 0.2) is 5.78 Å². The lowest BCUT2D eigenvalue weighted by Gasteiger charge is -2.69. The fraction of sp³-hybridized carbons (Fsp3) is 0.872. The zero-order valence-electron chi connectivity index (χ0n) is 29.1. The summed E-state index contributed by atoms with van der Waals surface area (Å²) < 4.78 is 0. The number of Topliss-reactive ketones (excluding diaryl/α,β-unsaturated/α-hetero) is 2. The van der Waals surface area contributed by atoms with E-state index in [2.05, 4.69) is 46.9 Å². The molecule has 6 aliphatic carbocycles. The Bertz CT molecular complexity index is 1230. The number of fused-ring (bicyclic) bond motifs is 7. The zero-order valence-corrected chi connectivity index (χ0v) is 29.1. The smallest absolute Gasteiger partial charge is 0.306 e. The van der Waals surface area contributed by atoms with Gasteiger partial charge in [-0.15, -0.1) is 0 Å². The Morgan fingerprint density at radius 3 is 2.27 bits per heavy atom. The van der Waals surface area contributed by atoms with Crippen LogP contribution in [0, 0.1) is 74.9 Å². The summed E-state index contributed by atoms with van der Waals surface area (Å²) in [5, 5.41) is 12.9. The molecule has 11 atom stereocenters. The maximum Gasteiger partial charge on any atom is 0.306 e. The number of nitrogens with one attached hydrogen (secondary N) is 1. The van der Waals surface area contributed by atoms with Gasteiger partial charge < -0.3 is 10.4 Å². The molecule has 2 N–H and O–H groups in total. The molecule has 5 nitrogen and oxygen atoms in total. The lowest BCUT2D eigenvalue weighted by molar-refractivity contribution is -0.193. The molecule has 5 heteroatoms. The van der Waals surface area contributed by atoms with Crippen LogP contribution in [0.3, 0.4) is 0 Å². The van der Waals surface area contributed by atoms with Crippen LogP contribution >= 0.6 is 0 Å². The van der Waals surface area contributed by atoms with Gasteiger partial charge in [-0.25, -0.2) is 0 Å². The van der Waals surface area contributed by atoms with E-state index in [9.17, 15) is 19.5 Å². The molecule has 0 amide bonds. The van der Waals surface area contributed by atoms with Crippen molar-refractivity contribution in [3.63, 3.8) is 0 Å². The number of hydrogen-bond acceptors (Lipinski definition) is 4. The highest BCUT2D eigenvalue weighted by Gasteiger charge is 2.66. The van der Waals surface area contributed by atoms with Crippen LogP contribution in [0.15, 0.2) is 11.1 Å². The van der Waals surface area contributed by atoms with E-state index in [4.69, 9.17) is 0 Å². The number of hydrogen-bond donors (Lipinski definition) is 2. The summed E-state index contributed by atoms with van der Waals surface area (Å²) in [7, 11) is 2.05. The molecule has 44 heavy (non-hydrogen) atoms. The fourth-order valence-electron chi connectivity index (χ4n) is 13.5. The third-order valence-corrected chi connectivity index (χ3v) is 15.8. The van der Waals surface area contributed by atoms with Crippen molar-refractivity contribution in [3.8, 4) is 0 Å². The standard InChI is InChI=1S/C39H61NO4/c1-22(2)33-30(42)21-39(17-18-40-8)16-12-28-25(34(33)39)9-10-32-37(28,6)15-13-31-36(4,5)24(11-14-38(31,32)7)19-29(41)26-20-27(23(26)3)35(43)44/h22-28,31-32,40H,9-21H2,1-8H3,(H,43,44). The second-order valence-electron chi connectivity index (χ2n) is 18.1. The molecule has 5 saturated carbocycles. The zero-order chi connectivity index (χ0) is 32.0. The summed E-state index contributed by atoms with van der Waals surface area (Å²) >= 11 is 0. The summed E-state index contributed by atoms with van der Waals surface area (Å²) in [6.45, 7) is 17.7. The molecule has 0 aliphatic heterocycles. The van der Waals surface area contributed by atoms with Crippen molar-refractivity contribution in [3.05, 3.63) is 11.1 Å². The number of rotatable bonds is 8. The largest absolute Gasteiger partial charge is 0.481 e. The average molecular weight is 608 g/mol. The number of carbonyl (C=O) groups excluding carboxylic acids is 2. The lowest BCUT2D eigenvalue weighted by atomic mass is 9.35. The van der Waals surface area contributed by atoms with Gasteiger partial charge in [0, 0.05) is 24.2 Å². The molecule has 6 aliphatic rings. The van der Waals surface area contributed by atoms with Crippen LogP contribution < -0.4 is 5.32 Å². The number of ketones is 2. The third-order valence-electron chi connectivity index (χ3n) is 15.8. The Morgan fingerprint density at radius 1 is 0.932 bits per heavy atom. The molecule has 0 spiro atoms. The van der Waals surface area contributed by atoms with E-state index < -0.39 is 5.97 Å². The lowest BCUT2D eigenvalue weighted by Crippen LogP contribution is -2.62. The van der Waals surface area contributed by atoms with Gasteiger partial charge in [-0.2, -0.15) is 0 Å². The van der Waals surface area contributed by atoms with E-state index in [1.807, 2.05) is 14.0 Å². The number of carboxylic acid groups (broad SMARTS) is 1. The first-order chi connectivity index (χ1) is 20.6. The van der Waals surface area contributed by atoms with E-state index in [1.54, 1.807) is 5.57 Å². The molecular weight excluding hydrogens is 546 g/mol. The Labute approximate surface area is 267 Å². The molecule has 5 fully saturated rings. The average Bonchev–Trinajstić information content (AvgIpc) is 3.24. The van der Waals surface area contributed by atoms with Gasteiger partial charge >= 0.3 is 5.97 Å². The normalized spacial score (nSPS) is 46.1. The topological polar surface area (TPSA) is 83.5 Å². The Kier molecular flexibility index (Phi) is 8.15. The van der Waals surface area contributed by atoms with Gasteiger partial charge in [-0.3, -0.25) is 14.4 Å². The van der Waals surface area contributed by atoms with Gasteiger partial charge in [-0.05, 0) is 141 Å². The first kappa shape index (κ1) is 32.5. The highest BCUT2D eigenvalue weighted by Crippen LogP contribution is 2.73. The van der Waals surface area contributed by atoms with Gasteiger partial charge in [0.2, 0.25) is 0 Å². The number of carbonyl (C=O) groups is 3. The van der Waals surface area contributed by atoms with Crippen molar-refractivity contribution in [1.82, 2.24) is 5.32 Å². The van der Waals surface area contributed by atoms with Gasteiger partial charge in [0.25, 0.3) is 0 Å². The molecule has 0 bridgehead atoms. The number of allylic oxidation sites excluding steroid dienone is 2. The molecular formula is C39H61NO4. The first-order valence-electron chi connectivity index (χ1n) is 18.3. The van der Waals surface area contributed by atoms with Crippen molar-refractivity contribution in [1.29, 1.82) is 0 Å². The van der Waals surface area contributed by atoms with E-state index >= 15 is 0 Å². The second kappa shape index (κ2) is 11.1. The minimum atomic E-state index is -0.742. The first-order valence-corrected chi connectivity index (χ1v) is 18.3. The van der Waals surface area contributed by atoms with Gasteiger partial charge in [-0.1, -0.05) is 54.0 Å². The molecule has 246 valence electrons. The molecule has 0 aromatic carbocycles. The van der Waals surface area contributed by atoms with E-state index in [1.165, 1.54) is 50.5 Å². The number of carboxylic acids is 1. The van der Waals surface area contributed by atoms with Crippen molar-refractivity contribution in [2.75, 3.05) is 13.6 Å². The minimum Gasteiger partial charge on any atom is -0.481 e. The van der Waals surface area contributed by atoms with E-state index in [0.717, 1.165) is 25.8 Å². The van der Waals surface area contributed by atoms with Crippen molar-refractivity contribution in [2.45, 2.75) is 126 Å². The summed E-state index contributed by atoms with van der Waals surface area (Å²) in [5.41, 5.74) is 3.57. The summed E-state index contributed by atoms with van der Waals surface area (Å²) in [6, 6.07) is 0. The van der Waals surface area contributed by atoms with Gasteiger partial charge in [0.05, 0.1) is 5.92 Å².